The number of allylic oxidation sites excluding steroid dienone is 6. The molecule has 7 aliphatic rings. The predicted molar refractivity (Wildman–Crippen MR) is 176 cm³/mol. The molecule has 0 aromatic heterocycles. The van der Waals surface area contributed by atoms with Gasteiger partial charge in [0.2, 0.25) is 0 Å². The number of aliphatic imine (C=N–C) groups is 2. The number of hydrogen-bond acceptors (Lipinski definition) is 4. The van der Waals surface area contributed by atoms with Gasteiger partial charge in [-0.3, -0.25) is 0 Å². The summed E-state index contributed by atoms with van der Waals surface area (Å²) < 4.78 is 0.247. The molecule has 4 heteroatoms. The number of fused-ring (bicyclic) bond motifs is 1. The van der Waals surface area contributed by atoms with Crippen LogP contribution in [0.2, 0.25) is 0 Å². The molecule has 42 heavy (non-hydrogen) atoms. The summed E-state index contributed by atoms with van der Waals surface area (Å²) in [6, 6.07) is 11.6. The normalized spacial score (nSPS) is 31.1. The maximum absolute atomic E-state index is 5.44. The Hall–Kier alpha value is -3.37. The molecule has 1 spiro atoms. The third-order valence-corrected chi connectivity index (χ3v) is 12.3. The fourth-order valence-corrected chi connectivity index (χ4v) is 10.5. The van der Waals surface area contributed by atoms with E-state index >= 15 is 0 Å². The summed E-state index contributed by atoms with van der Waals surface area (Å²) >= 11 is 2.09. The van der Waals surface area contributed by atoms with E-state index in [-0.39, 0.29) is 16.3 Å². The molecule has 4 unspecified atom stereocenters. The minimum atomic E-state index is -0.261. The monoisotopic (exact) mass is 567 g/mol. The third kappa shape index (κ3) is 3.67. The van der Waals surface area contributed by atoms with Crippen LogP contribution in [0.3, 0.4) is 0 Å². The standard InChI is InChI=1S/C38H37N3S/c1-37(2)31-19-8-16-28-22-38(28,31)42-30-18-9-17-29(33(30)37)36-40-34(24-10-4-3-5-11-24)39-35(41-36)27-20-25-14-6-12-23-13-7-15-26(21-27)32(23)25/h4,6-10,14-21,23-24,28,35H,3,5,11-13,22H2,1-2H3,(H,39,40,41). The Morgan fingerprint density at radius 3 is 2.60 bits per heavy atom. The van der Waals surface area contributed by atoms with E-state index in [2.05, 4.69) is 116 Å². The van der Waals surface area contributed by atoms with Crippen molar-refractivity contribution >= 4 is 35.6 Å². The highest BCUT2D eigenvalue weighted by atomic mass is 32.2. The minimum Gasteiger partial charge on any atom is -0.328 e. The molecule has 0 bridgehead atoms. The Morgan fingerprint density at radius 2 is 1.81 bits per heavy atom. The van der Waals surface area contributed by atoms with Crippen LogP contribution >= 0.6 is 11.8 Å². The second-order valence-corrected chi connectivity index (χ2v) is 15.0. The maximum Gasteiger partial charge on any atom is 0.169 e. The van der Waals surface area contributed by atoms with E-state index < -0.39 is 0 Å². The second kappa shape index (κ2) is 9.07. The summed E-state index contributed by atoms with van der Waals surface area (Å²) in [7, 11) is 0. The lowest BCUT2D eigenvalue weighted by atomic mass is 9.71. The first kappa shape index (κ1) is 25.2. The molecule has 2 aromatic carbocycles. The van der Waals surface area contributed by atoms with Crippen molar-refractivity contribution in [2.24, 2.45) is 21.8 Å². The van der Waals surface area contributed by atoms with E-state index in [1.165, 1.54) is 51.1 Å². The van der Waals surface area contributed by atoms with E-state index in [0.29, 0.717) is 17.8 Å². The van der Waals surface area contributed by atoms with Crippen LogP contribution in [-0.2, 0) is 5.41 Å². The second-order valence-electron chi connectivity index (χ2n) is 13.6. The average molecular weight is 568 g/mol. The SMILES string of the molecule is CC1(C)C2=CC=CC3CC23Sc2cccc(C3=NC(c4cc5c6c(c4)C=CCC6CC=C5)N=C(C4C=CCCC4)N3)c21. The average Bonchev–Trinajstić information content (AvgIpc) is 3.74. The van der Waals surface area contributed by atoms with Gasteiger partial charge in [0.25, 0.3) is 0 Å². The molecule has 1 fully saturated rings. The van der Waals surface area contributed by atoms with E-state index in [1.54, 1.807) is 5.57 Å². The molecule has 4 atom stereocenters. The van der Waals surface area contributed by atoms with Gasteiger partial charge >= 0.3 is 0 Å². The summed E-state index contributed by atoms with van der Waals surface area (Å²) in [5.41, 5.74) is 9.54. The van der Waals surface area contributed by atoms with E-state index in [0.717, 1.165) is 37.4 Å². The van der Waals surface area contributed by atoms with Crippen molar-refractivity contribution in [1.82, 2.24) is 5.32 Å². The molecule has 3 nitrogen and oxygen atoms in total. The van der Waals surface area contributed by atoms with Crippen LogP contribution < -0.4 is 5.32 Å². The highest BCUT2D eigenvalue weighted by Gasteiger charge is 2.63. The summed E-state index contributed by atoms with van der Waals surface area (Å²) in [6.07, 6.45) is 27.9. The third-order valence-electron chi connectivity index (χ3n) is 10.7. The lowest BCUT2D eigenvalue weighted by Gasteiger charge is -2.43. The van der Waals surface area contributed by atoms with Crippen LogP contribution in [0.15, 0.2) is 93.3 Å². The van der Waals surface area contributed by atoms with Crippen LogP contribution in [0, 0.1) is 11.8 Å². The number of benzene rings is 2. The van der Waals surface area contributed by atoms with Gasteiger partial charge in [-0.2, -0.15) is 0 Å². The van der Waals surface area contributed by atoms with Gasteiger partial charge in [0.1, 0.15) is 11.7 Å². The van der Waals surface area contributed by atoms with Gasteiger partial charge in [0.05, 0.1) is 0 Å². The zero-order valence-corrected chi connectivity index (χ0v) is 25.3. The molecule has 2 aliphatic heterocycles. The van der Waals surface area contributed by atoms with Crippen LogP contribution in [0.4, 0.5) is 0 Å². The molecule has 1 N–H and O–H groups in total. The number of hydrogen-bond donors (Lipinski definition) is 1. The Kier molecular flexibility index (Phi) is 5.43. The molecule has 2 heterocycles. The van der Waals surface area contributed by atoms with Crippen molar-refractivity contribution < 1.29 is 0 Å². The van der Waals surface area contributed by atoms with Crippen LogP contribution in [-0.4, -0.2) is 16.4 Å². The van der Waals surface area contributed by atoms with Crippen LogP contribution in [0.25, 0.3) is 12.2 Å². The topological polar surface area (TPSA) is 36.8 Å². The summed E-state index contributed by atoms with van der Waals surface area (Å²) in [4.78, 5) is 12.2. The van der Waals surface area contributed by atoms with Gasteiger partial charge in [-0.05, 0) is 102 Å². The van der Waals surface area contributed by atoms with Crippen LogP contribution in [0.1, 0.15) is 97.8 Å². The Labute approximate surface area is 253 Å². The highest BCUT2D eigenvalue weighted by molar-refractivity contribution is 8.01. The fraction of sp³-hybridized carbons (Fsp3) is 0.368. The first-order valence-electron chi connectivity index (χ1n) is 15.8. The summed E-state index contributed by atoms with van der Waals surface area (Å²) in [6.45, 7) is 4.86. The Balaban J connectivity index is 1.19. The molecule has 210 valence electrons. The number of nitrogens with one attached hydrogen (secondary N) is 1. The molecular formula is C38H37N3S. The zero-order chi connectivity index (χ0) is 28.1. The lowest BCUT2D eigenvalue weighted by Crippen LogP contribution is -2.42. The molecule has 0 amide bonds. The van der Waals surface area contributed by atoms with Crippen LogP contribution in [0.5, 0.6) is 0 Å². The summed E-state index contributed by atoms with van der Waals surface area (Å²) in [5.74, 6) is 3.60. The molecular weight excluding hydrogens is 531 g/mol. The predicted octanol–water partition coefficient (Wildman–Crippen LogP) is 9.05. The van der Waals surface area contributed by atoms with Crippen molar-refractivity contribution in [2.45, 2.75) is 79.5 Å². The molecule has 1 saturated carbocycles. The largest absolute Gasteiger partial charge is 0.328 e. The van der Waals surface area contributed by atoms with Gasteiger partial charge < -0.3 is 5.32 Å². The molecule has 5 aliphatic carbocycles. The molecule has 2 aromatic rings. The maximum atomic E-state index is 5.44. The van der Waals surface area contributed by atoms with Crippen molar-refractivity contribution in [1.29, 1.82) is 0 Å². The Bertz CT molecular complexity index is 1710. The smallest absolute Gasteiger partial charge is 0.169 e. The van der Waals surface area contributed by atoms with E-state index in [4.69, 9.17) is 9.98 Å². The number of nitrogens with zero attached hydrogens (tertiary/aromatic N) is 2. The van der Waals surface area contributed by atoms with E-state index in [9.17, 15) is 0 Å². The summed E-state index contributed by atoms with van der Waals surface area (Å²) in [5, 5.41) is 3.81. The van der Waals surface area contributed by atoms with Gasteiger partial charge in [-0.1, -0.05) is 80.7 Å². The number of rotatable bonds is 3. The zero-order valence-electron chi connectivity index (χ0n) is 24.4. The lowest BCUT2D eigenvalue weighted by molar-refractivity contribution is 0.564. The highest BCUT2D eigenvalue weighted by Crippen LogP contribution is 2.70. The van der Waals surface area contributed by atoms with Crippen molar-refractivity contribution in [2.75, 3.05) is 0 Å². The van der Waals surface area contributed by atoms with Crippen molar-refractivity contribution in [3.63, 3.8) is 0 Å². The number of amidine groups is 2. The Morgan fingerprint density at radius 1 is 0.976 bits per heavy atom. The van der Waals surface area contributed by atoms with Gasteiger partial charge in [-0.25, -0.2) is 9.98 Å². The van der Waals surface area contributed by atoms with Gasteiger partial charge in [-0.15, -0.1) is 11.8 Å². The van der Waals surface area contributed by atoms with Gasteiger partial charge in [0, 0.05) is 26.5 Å². The minimum absolute atomic E-state index is 0.0729. The van der Waals surface area contributed by atoms with Crippen molar-refractivity contribution in [3.8, 4) is 0 Å². The molecule has 0 radical (unpaired) electrons. The quantitative estimate of drug-likeness (QED) is 0.376. The molecule has 0 saturated heterocycles. The van der Waals surface area contributed by atoms with Gasteiger partial charge in [0.15, 0.2) is 6.17 Å². The van der Waals surface area contributed by atoms with E-state index in [1.807, 2.05) is 0 Å². The molecule has 9 rings (SSSR count). The fourth-order valence-electron chi connectivity index (χ4n) is 8.58. The number of thioether (sulfide) groups is 1. The van der Waals surface area contributed by atoms with Crippen molar-refractivity contribution in [3.05, 3.63) is 112 Å². The first-order valence-corrected chi connectivity index (χ1v) is 16.7. The first-order chi connectivity index (χ1) is 20.5.